The summed E-state index contributed by atoms with van der Waals surface area (Å²) in [4.78, 5) is 0. The molecule has 0 unspecified atom stereocenters. The maximum Gasteiger partial charge on any atom is 0.211 e. The van der Waals surface area contributed by atoms with Crippen LogP contribution in [0.15, 0.2) is 0 Å². The van der Waals surface area contributed by atoms with E-state index in [2.05, 4.69) is 17.5 Å². The number of rotatable bonds is 1. The molecule has 1 nitrogen and oxygen atoms in total. The van der Waals surface area contributed by atoms with E-state index in [1.165, 1.54) is 0 Å². The molecular weight excluding hydrogens is 52.0 g/mol. The SMILES string of the molecule is [3H]OCC#C. The first-order valence-corrected chi connectivity index (χ1v) is 0.931. The van der Waals surface area contributed by atoms with Gasteiger partial charge in [0, 0.05) is 0 Å². The van der Waals surface area contributed by atoms with Crippen molar-refractivity contribution in [2.24, 2.45) is 0 Å². The fourth-order valence-electron chi connectivity index (χ4n) is 0. The molecule has 0 rings (SSSR count). The van der Waals surface area contributed by atoms with Gasteiger partial charge in [-0.15, -0.1) is 6.42 Å². The monoisotopic (exact) mass is 58.0 g/mol. The van der Waals surface area contributed by atoms with Crippen molar-refractivity contribution in [3.63, 3.8) is 0 Å². The molecule has 0 spiro atoms. The largest absolute Gasteiger partial charge is 0.384 e. The first-order valence-electron chi connectivity index (χ1n) is 1.34. The van der Waals surface area contributed by atoms with E-state index < -0.39 is 0 Å². The first kappa shape index (κ1) is 1.80. The van der Waals surface area contributed by atoms with Crippen LogP contribution in [-0.4, -0.2) is 13.1 Å². The van der Waals surface area contributed by atoms with Crippen LogP contribution in [0.2, 0.25) is 0 Å². The third-order valence-corrected chi connectivity index (χ3v) is 0.0833. The number of hydrogen-bond donors (Lipinski definition) is 1. The van der Waals surface area contributed by atoms with Crippen molar-refractivity contribution in [2.75, 3.05) is 6.61 Å². The Bertz CT molecular complexity index is 45.3. The smallest absolute Gasteiger partial charge is 0.211 e. The van der Waals surface area contributed by atoms with Crippen LogP contribution >= 0.6 is 0 Å². The van der Waals surface area contributed by atoms with E-state index in [0.717, 1.165) is 0 Å². The van der Waals surface area contributed by atoms with Crippen molar-refractivity contribution in [1.29, 1.82) is 1.43 Å². The van der Waals surface area contributed by atoms with Crippen molar-refractivity contribution in [3.05, 3.63) is 0 Å². The van der Waals surface area contributed by atoms with Gasteiger partial charge < -0.3 is 5.11 Å². The van der Waals surface area contributed by atoms with E-state index in [1.807, 2.05) is 0 Å². The van der Waals surface area contributed by atoms with Gasteiger partial charge in [-0.2, -0.15) is 0 Å². The Morgan fingerprint density at radius 1 is 2.50 bits per heavy atom. The van der Waals surface area contributed by atoms with E-state index >= 15 is 0 Å². The molecular formula is C3H4O. The van der Waals surface area contributed by atoms with Gasteiger partial charge in [0.15, 0.2) is 0 Å². The Morgan fingerprint density at radius 2 is 3.25 bits per heavy atom. The first-order chi connectivity index (χ1) is 2.41. The molecule has 0 fully saturated rings. The van der Waals surface area contributed by atoms with Gasteiger partial charge in [0.2, 0.25) is 1.43 Å². The van der Waals surface area contributed by atoms with Crippen LogP contribution < -0.4 is 0 Å². The van der Waals surface area contributed by atoms with Crippen molar-refractivity contribution < 1.29 is 5.11 Å². The minimum atomic E-state index is 0.0833. The lowest BCUT2D eigenvalue weighted by atomic mass is 10.8. The van der Waals surface area contributed by atoms with Crippen LogP contribution in [0, 0.1) is 12.3 Å². The van der Waals surface area contributed by atoms with Crippen LogP contribution in [-0.2, 0) is 0 Å². The second-order valence-corrected chi connectivity index (χ2v) is 0.348. The lowest BCUT2D eigenvalue weighted by molar-refractivity contribution is 0.351. The zero-order valence-corrected chi connectivity index (χ0v) is 2.19. The van der Waals surface area contributed by atoms with Gasteiger partial charge in [-0.05, 0) is 0 Å². The van der Waals surface area contributed by atoms with Crippen LogP contribution in [0.25, 0.3) is 0 Å². The highest BCUT2D eigenvalue weighted by atomic mass is 16.2. The van der Waals surface area contributed by atoms with Gasteiger partial charge in [-0.3, -0.25) is 0 Å². The van der Waals surface area contributed by atoms with E-state index in [-0.39, 0.29) is 6.61 Å². The highest BCUT2D eigenvalue weighted by Crippen LogP contribution is 1.34. The van der Waals surface area contributed by atoms with Crippen LogP contribution in [0.3, 0.4) is 0 Å². The summed E-state index contributed by atoms with van der Waals surface area (Å²) in [5, 5.41) is 3.70. The third kappa shape index (κ3) is 1.52. The molecule has 0 heterocycles. The molecule has 0 aromatic carbocycles. The molecule has 1 N–H and O–H groups in total. The molecule has 0 aromatic heterocycles. The number of terminal acetylenes is 1. The Balaban J connectivity index is 2.48. The highest BCUT2D eigenvalue weighted by molar-refractivity contribution is 4.81. The molecule has 22 valence electrons. The summed E-state index contributed by atoms with van der Waals surface area (Å²) >= 11 is 0. The molecule has 0 bridgehead atoms. The molecule has 0 aliphatic rings. The second-order valence-electron chi connectivity index (χ2n) is 0.348. The average Bonchev–Trinajstić information content (AvgIpc) is 1.41. The van der Waals surface area contributed by atoms with Crippen LogP contribution in [0.4, 0.5) is 0 Å². The Labute approximate surface area is 26.8 Å². The van der Waals surface area contributed by atoms with Gasteiger partial charge in [-0.25, -0.2) is 0 Å². The number of aliphatic hydroxyl groups excluding tert-OH is 1. The average molecular weight is 58.1 g/mol. The fraction of sp³-hybridized carbons (Fsp3) is 0.333. The van der Waals surface area contributed by atoms with Gasteiger partial charge in [0.25, 0.3) is 0 Å². The van der Waals surface area contributed by atoms with E-state index in [0.29, 0.717) is 0 Å². The summed E-state index contributed by atoms with van der Waals surface area (Å²) in [6, 6.07) is 0. The minimum absolute atomic E-state index is 0.0833. The lowest BCUT2D eigenvalue weighted by Gasteiger charge is -1.55. The predicted molar refractivity (Wildman–Crippen MR) is 15.9 cm³/mol. The summed E-state index contributed by atoms with van der Waals surface area (Å²) in [6.45, 7) is 0.0833. The number of hydrogen-bond acceptors (Lipinski definition) is 1. The fourth-order valence-corrected chi connectivity index (χ4v) is 0. The Hall–Kier alpha value is -0.480. The highest BCUT2D eigenvalue weighted by Gasteiger charge is 1.43. The predicted octanol–water partition coefficient (Wildman–Crippen LogP) is -0.388. The van der Waals surface area contributed by atoms with Crippen molar-refractivity contribution in [2.45, 2.75) is 0 Å². The molecule has 0 atom stereocenters. The van der Waals surface area contributed by atoms with Gasteiger partial charge >= 0.3 is 0 Å². The Kier molecular flexibility index (Phi) is 1.14. The summed E-state index contributed by atoms with van der Waals surface area (Å²) in [6.07, 6.45) is 4.64. The van der Waals surface area contributed by atoms with Crippen LogP contribution in [0.1, 0.15) is 0 Å². The van der Waals surface area contributed by atoms with Crippen LogP contribution in [0.5, 0.6) is 0 Å². The lowest BCUT2D eigenvalue weighted by Crippen LogP contribution is -1.64. The van der Waals surface area contributed by atoms with Gasteiger partial charge in [0.1, 0.15) is 6.61 Å². The van der Waals surface area contributed by atoms with Crippen molar-refractivity contribution >= 4 is 0 Å². The molecule has 1 heteroatoms. The molecule has 0 aliphatic heterocycles. The molecule has 0 radical (unpaired) electrons. The normalized spacial score (nSPS) is 8.25. The molecule has 4 heavy (non-hydrogen) atoms. The van der Waals surface area contributed by atoms with E-state index in [9.17, 15) is 0 Å². The molecule has 0 saturated heterocycles. The zero-order valence-electron chi connectivity index (χ0n) is 3.19. The third-order valence-electron chi connectivity index (χ3n) is 0.0833. The maximum absolute atomic E-state index is 5.96. The standard InChI is InChI=1S/C3H4O/c1-2-3-4/h1,4H,3H2/i4T. The van der Waals surface area contributed by atoms with Gasteiger partial charge in [0.05, 0.1) is 0 Å². The second kappa shape index (κ2) is 2.52. The van der Waals surface area contributed by atoms with E-state index in [1.54, 1.807) is 0 Å². The topological polar surface area (TPSA) is 20.2 Å². The van der Waals surface area contributed by atoms with Crippen molar-refractivity contribution in [3.8, 4) is 12.3 Å². The molecule has 0 aliphatic carbocycles. The molecule has 0 amide bonds. The zero-order chi connectivity index (χ0) is 4.12. The summed E-state index contributed by atoms with van der Waals surface area (Å²) < 4.78 is 5.96. The maximum atomic E-state index is 5.96. The minimum Gasteiger partial charge on any atom is -0.384 e. The summed E-state index contributed by atoms with van der Waals surface area (Å²) in [5.41, 5.74) is 0. The number of aliphatic hydroxyl groups is 1. The molecule has 0 aromatic rings. The summed E-state index contributed by atoms with van der Waals surface area (Å²) in [5.74, 6) is 2.11. The summed E-state index contributed by atoms with van der Waals surface area (Å²) in [7, 11) is 0. The van der Waals surface area contributed by atoms with Crippen molar-refractivity contribution in [1.82, 2.24) is 0 Å². The molecule has 0 saturated carbocycles. The Morgan fingerprint density at radius 3 is 3.25 bits per heavy atom. The van der Waals surface area contributed by atoms with Gasteiger partial charge in [-0.1, -0.05) is 5.92 Å². The quantitative estimate of drug-likeness (QED) is 0.407. The van der Waals surface area contributed by atoms with E-state index in [4.69, 9.17) is 1.43 Å².